The summed E-state index contributed by atoms with van der Waals surface area (Å²) in [7, 11) is -3.84. The van der Waals surface area contributed by atoms with E-state index in [4.69, 9.17) is 0 Å². The molecule has 1 amide bonds. The van der Waals surface area contributed by atoms with Crippen molar-refractivity contribution in [2.24, 2.45) is 0 Å². The fourth-order valence-electron chi connectivity index (χ4n) is 2.90. The Morgan fingerprint density at radius 3 is 2.28 bits per heavy atom. The lowest BCUT2D eigenvalue weighted by molar-refractivity contribution is -0.384. The van der Waals surface area contributed by atoms with Gasteiger partial charge in [-0.05, 0) is 49.9 Å². The maximum Gasteiger partial charge on any atom is 0.271 e. The van der Waals surface area contributed by atoms with E-state index in [2.05, 4.69) is 5.32 Å². The second kappa shape index (κ2) is 8.60. The summed E-state index contributed by atoms with van der Waals surface area (Å²) in [5.41, 5.74) is 3.50. The molecule has 0 aliphatic carbocycles. The minimum atomic E-state index is -3.84. The van der Waals surface area contributed by atoms with Crippen LogP contribution in [0.1, 0.15) is 35.2 Å². The first-order valence-corrected chi connectivity index (χ1v) is 10.8. The zero-order valence-corrected chi connectivity index (χ0v) is 17.9. The summed E-state index contributed by atoms with van der Waals surface area (Å²) in [6.07, 6.45) is 0.964. The molecular formula is C20H25N3O5S. The summed E-state index contributed by atoms with van der Waals surface area (Å²) in [6.45, 7) is 6.94. The summed E-state index contributed by atoms with van der Waals surface area (Å²) < 4.78 is 25.5. The average molecular weight is 420 g/mol. The molecule has 1 atom stereocenters. The molecule has 0 fully saturated rings. The van der Waals surface area contributed by atoms with Crippen LogP contribution < -0.4 is 9.62 Å². The Morgan fingerprint density at radius 1 is 1.10 bits per heavy atom. The first-order chi connectivity index (χ1) is 13.4. The van der Waals surface area contributed by atoms with E-state index < -0.39 is 27.4 Å². The number of nitro groups is 1. The Bertz CT molecular complexity index is 1050. The number of non-ortho nitro benzene ring substituents is 1. The molecule has 0 aliphatic heterocycles. The molecule has 156 valence electrons. The van der Waals surface area contributed by atoms with Gasteiger partial charge in [0.2, 0.25) is 15.9 Å². The van der Waals surface area contributed by atoms with Crippen LogP contribution in [0.5, 0.6) is 0 Å². The maximum atomic E-state index is 12.6. The van der Waals surface area contributed by atoms with Crippen molar-refractivity contribution in [3.05, 3.63) is 68.8 Å². The van der Waals surface area contributed by atoms with Gasteiger partial charge in [-0.1, -0.05) is 24.3 Å². The van der Waals surface area contributed by atoms with E-state index in [9.17, 15) is 23.3 Å². The highest BCUT2D eigenvalue weighted by Crippen LogP contribution is 2.27. The number of nitrogens with one attached hydrogen (secondary N) is 1. The first-order valence-electron chi connectivity index (χ1n) is 8.99. The second-order valence-electron chi connectivity index (χ2n) is 7.13. The quantitative estimate of drug-likeness (QED) is 0.548. The van der Waals surface area contributed by atoms with Crippen molar-refractivity contribution in [2.45, 2.75) is 33.7 Å². The third-order valence-corrected chi connectivity index (χ3v) is 5.89. The van der Waals surface area contributed by atoms with Crippen LogP contribution in [0.25, 0.3) is 0 Å². The maximum absolute atomic E-state index is 12.6. The Labute approximate surface area is 170 Å². The van der Waals surface area contributed by atoms with Crippen molar-refractivity contribution >= 4 is 27.3 Å². The van der Waals surface area contributed by atoms with E-state index in [-0.39, 0.29) is 17.4 Å². The van der Waals surface area contributed by atoms with E-state index in [0.717, 1.165) is 33.3 Å². The first kappa shape index (κ1) is 22.4. The molecule has 0 saturated heterocycles. The molecule has 2 aromatic rings. The van der Waals surface area contributed by atoms with E-state index in [0.29, 0.717) is 5.56 Å². The molecule has 1 unspecified atom stereocenters. The molecule has 2 rings (SSSR count). The van der Waals surface area contributed by atoms with Gasteiger partial charge in [0.05, 0.1) is 22.9 Å². The lowest BCUT2D eigenvalue weighted by Gasteiger charge is -2.24. The summed E-state index contributed by atoms with van der Waals surface area (Å²) in [6, 6.07) is 9.43. The molecule has 0 heterocycles. The lowest BCUT2D eigenvalue weighted by Crippen LogP contribution is -2.41. The minimum absolute atomic E-state index is 0.107. The molecule has 29 heavy (non-hydrogen) atoms. The number of hydrogen-bond donors (Lipinski definition) is 1. The summed E-state index contributed by atoms with van der Waals surface area (Å²) in [4.78, 5) is 23.1. The number of amides is 1. The van der Waals surface area contributed by atoms with Gasteiger partial charge in [-0.3, -0.25) is 19.2 Å². The molecule has 0 saturated carbocycles. The number of anilines is 1. The number of hydrogen-bond acceptors (Lipinski definition) is 5. The third kappa shape index (κ3) is 5.54. The Kier molecular flexibility index (Phi) is 6.63. The number of nitrogens with zero attached hydrogens (tertiary/aromatic N) is 2. The molecule has 8 nitrogen and oxygen atoms in total. The monoisotopic (exact) mass is 419 g/mol. The molecule has 1 N–H and O–H groups in total. The van der Waals surface area contributed by atoms with Crippen molar-refractivity contribution < 1.29 is 18.1 Å². The minimum Gasteiger partial charge on any atom is -0.348 e. The van der Waals surface area contributed by atoms with Crippen LogP contribution in [-0.4, -0.2) is 32.0 Å². The van der Waals surface area contributed by atoms with Crippen molar-refractivity contribution in [1.29, 1.82) is 0 Å². The van der Waals surface area contributed by atoms with Gasteiger partial charge in [0.15, 0.2) is 0 Å². The van der Waals surface area contributed by atoms with Crippen LogP contribution in [0.2, 0.25) is 0 Å². The molecule has 0 aromatic heterocycles. The predicted octanol–water partition coefficient (Wildman–Crippen LogP) is 3.16. The molecular weight excluding hydrogens is 394 g/mol. The number of aryl methyl sites for hydroxylation is 3. The molecule has 0 aliphatic rings. The van der Waals surface area contributed by atoms with Gasteiger partial charge in [-0.25, -0.2) is 8.42 Å². The van der Waals surface area contributed by atoms with Crippen molar-refractivity contribution in [1.82, 2.24) is 5.32 Å². The van der Waals surface area contributed by atoms with E-state index in [1.54, 1.807) is 6.92 Å². The van der Waals surface area contributed by atoms with Gasteiger partial charge < -0.3 is 5.32 Å². The molecule has 2 aromatic carbocycles. The number of carbonyl (C=O) groups excluding carboxylic acids is 1. The SMILES string of the molecule is Cc1ccc(C(C)NC(=O)CN(c2cc([N+](=O)[O-])ccc2C)S(C)(=O)=O)cc1C. The average Bonchev–Trinajstić information content (AvgIpc) is 2.61. The van der Waals surface area contributed by atoms with E-state index >= 15 is 0 Å². The Hall–Kier alpha value is -2.94. The van der Waals surface area contributed by atoms with Crippen LogP contribution >= 0.6 is 0 Å². The fraction of sp³-hybridized carbons (Fsp3) is 0.350. The van der Waals surface area contributed by atoms with Gasteiger partial charge in [-0.2, -0.15) is 0 Å². The van der Waals surface area contributed by atoms with Gasteiger partial charge in [0, 0.05) is 12.1 Å². The zero-order chi connectivity index (χ0) is 21.9. The number of benzene rings is 2. The van der Waals surface area contributed by atoms with Gasteiger partial charge >= 0.3 is 0 Å². The largest absolute Gasteiger partial charge is 0.348 e. The smallest absolute Gasteiger partial charge is 0.271 e. The van der Waals surface area contributed by atoms with E-state index in [1.165, 1.54) is 12.1 Å². The van der Waals surface area contributed by atoms with Gasteiger partial charge in [0.25, 0.3) is 5.69 Å². The highest BCUT2D eigenvalue weighted by atomic mass is 32.2. The van der Waals surface area contributed by atoms with Crippen LogP contribution in [-0.2, 0) is 14.8 Å². The molecule has 0 radical (unpaired) electrons. The zero-order valence-electron chi connectivity index (χ0n) is 17.1. The fourth-order valence-corrected chi connectivity index (χ4v) is 3.80. The lowest BCUT2D eigenvalue weighted by atomic mass is 10.0. The standard InChI is InChI=1S/C20H25N3O5S/c1-13-6-8-17(10-15(13)3)16(4)21-20(24)12-22(29(5,27)28)19-11-18(23(25)26)9-7-14(19)2/h6-11,16H,12H2,1-5H3,(H,21,24). The number of rotatable bonds is 7. The third-order valence-electron chi connectivity index (χ3n) is 4.77. The Balaban J connectivity index is 2.27. The number of carbonyl (C=O) groups is 1. The highest BCUT2D eigenvalue weighted by Gasteiger charge is 2.25. The van der Waals surface area contributed by atoms with Crippen LogP contribution in [0.4, 0.5) is 11.4 Å². The summed E-state index contributed by atoms with van der Waals surface area (Å²) in [5, 5.41) is 13.9. The van der Waals surface area contributed by atoms with Crippen molar-refractivity contribution in [2.75, 3.05) is 17.1 Å². The molecule has 0 spiro atoms. The van der Waals surface area contributed by atoms with Crippen LogP contribution in [0, 0.1) is 30.9 Å². The topological polar surface area (TPSA) is 110 Å². The van der Waals surface area contributed by atoms with Crippen LogP contribution in [0.15, 0.2) is 36.4 Å². The molecule has 0 bridgehead atoms. The van der Waals surface area contributed by atoms with Gasteiger partial charge in [-0.15, -0.1) is 0 Å². The summed E-state index contributed by atoms with van der Waals surface area (Å²) in [5.74, 6) is -0.507. The molecule has 9 heteroatoms. The van der Waals surface area contributed by atoms with E-state index in [1.807, 2.05) is 39.0 Å². The number of sulfonamides is 1. The van der Waals surface area contributed by atoms with Crippen LogP contribution in [0.3, 0.4) is 0 Å². The summed E-state index contributed by atoms with van der Waals surface area (Å²) >= 11 is 0. The normalized spacial score (nSPS) is 12.3. The second-order valence-corrected chi connectivity index (χ2v) is 9.04. The Morgan fingerprint density at radius 2 is 1.72 bits per heavy atom. The number of nitro benzene ring substituents is 1. The highest BCUT2D eigenvalue weighted by molar-refractivity contribution is 7.92. The van der Waals surface area contributed by atoms with Crippen molar-refractivity contribution in [3.8, 4) is 0 Å². The van der Waals surface area contributed by atoms with Gasteiger partial charge in [0.1, 0.15) is 6.54 Å². The predicted molar refractivity (Wildman–Crippen MR) is 112 cm³/mol. The van der Waals surface area contributed by atoms with Crippen molar-refractivity contribution in [3.63, 3.8) is 0 Å².